The molecule has 49 heavy (non-hydrogen) atoms. The van der Waals surface area contributed by atoms with Gasteiger partial charge in [-0.15, -0.1) is 0 Å². The third kappa shape index (κ3) is 5.01. The number of hydrogen-bond donors (Lipinski definition) is 0. The van der Waals surface area contributed by atoms with Crippen molar-refractivity contribution in [2.24, 2.45) is 0 Å². The van der Waals surface area contributed by atoms with Crippen LogP contribution in [0.2, 0.25) is 0 Å². The van der Waals surface area contributed by atoms with E-state index < -0.39 is 24.2 Å². The van der Waals surface area contributed by atoms with Crippen molar-refractivity contribution in [3.05, 3.63) is 182 Å². The molecule has 1 aromatic heterocycles. The van der Waals surface area contributed by atoms with Crippen molar-refractivity contribution >= 4 is 32.6 Å². The Labute approximate surface area is 297 Å². The number of para-hydroxylation sites is 2. The van der Waals surface area contributed by atoms with Gasteiger partial charge in [0, 0.05) is 12.1 Å². The normalized spacial score (nSPS) is 13.7. The van der Waals surface area contributed by atoms with Crippen LogP contribution >= 0.6 is 0 Å². The lowest BCUT2D eigenvalue weighted by molar-refractivity contribution is 0.908. The van der Waals surface area contributed by atoms with E-state index in [0.717, 1.165) is 51.2 Å². The van der Waals surface area contributed by atoms with Crippen molar-refractivity contribution in [2.45, 2.75) is 13.3 Å². The highest BCUT2D eigenvalue weighted by Crippen LogP contribution is 2.44. The highest BCUT2D eigenvalue weighted by molar-refractivity contribution is 6.21. The SMILES string of the molecule is [2H]c1c([2H])c([2H])c2c(-c3cccc(-c4ccccc4)c3)c3c([2H])c([2H])c([2H])c([2H])c3c(-c3ccc(-c4ccc(-n5c(CC)nc6ccccc65)cc4)cc3)c2c1[2H]. The van der Waals surface area contributed by atoms with Crippen molar-refractivity contribution in [1.82, 2.24) is 9.55 Å². The molecule has 0 amide bonds. The number of aromatic nitrogens is 2. The van der Waals surface area contributed by atoms with Crippen LogP contribution in [0.5, 0.6) is 0 Å². The van der Waals surface area contributed by atoms with Gasteiger partial charge < -0.3 is 0 Å². The quantitative estimate of drug-likeness (QED) is 0.166. The third-order valence-electron chi connectivity index (χ3n) is 9.21. The Morgan fingerprint density at radius 2 is 0.980 bits per heavy atom. The van der Waals surface area contributed by atoms with Crippen molar-refractivity contribution in [2.75, 3.05) is 0 Å². The molecule has 0 aliphatic rings. The van der Waals surface area contributed by atoms with Gasteiger partial charge in [0.1, 0.15) is 5.82 Å². The monoisotopic (exact) mass is 634 g/mol. The zero-order chi connectivity index (χ0) is 39.7. The van der Waals surface area contributed by atoms with E-state index in [2.05, 4.69) is 41.8 Å². The molecule has 0 aliphatic carbocycles. The minimum Gasteiger partial charge on any atom is -0.296 e. The molecule has 0 aliphatic heterocycles. The molecule has 0 N–H and O–H groups in total. The molecule has 0 fully saturated rings. The first kappa shape index (κ1) is 21.6. The fourth-order valence-corrected chi connectivity index (χ4v) is 6.92. The molecule has 2 nitrogen and oxygen atoms in total. The first-order valence-corrected chi connectivity index (χ1v) is 16.4. The maximum atomic E-state index is 9.29. The molecule has 2 heteroatoms. The molecule has 0 saturated carbocycles. The summed E-state index contributed by atoms with van der Waals surface area (Å²) < 4.78 is 74.4. The standard InChI is InChI=1S/C47H34N2/c1-2-45-48-43-21-10-11-22-44(43)49(45)38-29-27-34(28-30-38)33-23-25-35(26-24-33)46-39-17-6-8-19-41(39)47(42-20-9-7-18-40(42)46)37-16-12-15-36(31-37)32-13-4-3-5-14-32/h3-31H,2H2,1H3/i6D,7D,8D,9D,17D,18D,19D,20D. The highest BCUT2D eigenvalue weighted by atomic mass is 15.1. The maximum absolute atomic E-state index is 9.29. The fraction of sp³-hybridized carbons (Fsp3) is 0.0426. The van der Waals surface area contributed by atoms with Gasteiger partial charge in [-0.25, -0.2) is 4.98 Å². The van der Waals surface area contributed by atoms with Crippen molar-refractivity contribution < 1.29 is 11.0 Å². The molecule has 9 rings (SSSR count). The second kappa shape index (κ2) is 12.1. The van der Waals surface area contributed by atoms with E-state index in [1.54, 1.807) is 0 Å². The zero-order valence-corrected chi connectivity index (χ0v) is 26.7. The molecule has 0 bridgehead atoms. The van der Waals surface area contributed by atoms with E-state index >= 15 is 0 Å². The van der Waals surface area contributed by atoms with Crippen LogP contribution in [0.25, 0.3) is 82.8 Å². The van der Waals surface area contributed by atoms with Gasteiger partial charge in [-0.1, -0.05) is 152 Å². The average molecular weight is 635 g/mol. The Morgan fingerprint density at radius 1 is 0.490 bits per heavy atom. The van der Waals surface area contributed by atoms with Crippen molar-refractivity contribution in [1.29, 1.82) is 0 Å². The second-order valence-electron chi connectivity index (χ2n) is 12.0. The van der Waals surface area contributed by atoms with E-state index in [4.69, 9.17) is 10.5 Å². The minimum absolute atomic E-state index is 0.190. The van der Waals surface area contributed by atoms with Crippen LogP contribution in [-0.2, 0) is 6.42 Å². The molecule has 0 saturated heterocycles. The zero-order valence-electron chi connectivity index (χ0n) is 34.7. The van der Waals surface area contributed by atoms with Gasteiger partial charge in [0.2, 0.25) is 0 Å². The van der Waals surface area contributed by atoms with Crippen LogP contribution in [0.1, 0.15) is 23.7 Å². The molecule has 0 atom stereocenters. The van der Waals surface area contributed by atoms with Crippen LogP contribution < -0.4 is 0 Å². The van der Waals surface area contributed by atoms with Gasteiger partial charge in [0.15, 0.2) is 0 Å². The van der Waals surface area contributed by atoms with Gasteiger partial charge >= 0.3 is 0 Å². The third-order valence-corrected chi connectivity index (χ3v) is 9.21. The van der Waals surface area contributed by atoms with E-state index in [1.165, 1.54) is 0 Å². The Balaban J connectivity index is 1.27. The van der Waals surface area contributed by atoms with Crippen LogP contribution in [0.3, 0.4) is 0 Å². The predicted molar refractivity (Wildman–Crippen MR) is 207 cm³/mol. The number of aryl methyl sites for hydroxylation is 1. The number of hydrogen-bond acceptors (Lipinski definition) is 1. The van der Waals surface area contributed by atoms with E-state index in [0.29, 0.717) is 22.3 Å². The largest absolute Gasteiger partial charge is 0.296 e. The number of rotatable bonds is 6. The molecule has 9 aromatic rings. The summed E-state index contributed by atoms with van der Waals surface area (Å²) in [6, 6.07) is 38.3. The summed E-state index contributed by atoms with van der Waals surface area (Å²) in [6.45, 7) is 2.09. The predicted octanol–water partition coefficient (Wildman–Crippen LogP) is 12.6. The first-order chi connectivity index (χ1) is 27.6. The Bertz CT molecular complexity index is 2980. The van der Waals surface area contributed by atoms with Crippen molar-refractivity contribution in [3.8, 4) is 50.2 Å². The van der Waals surface area contributed by atoms with Gasteiger partial charge in [0.25, 0.3) is 0 Å². The molecule has 232 valence electrons. The second-order valence-corrected chi connectivity index (χ2v) is 12.0. The van der Waals surface area contributed by atoms with Crippen LogP contribution in [0.4, 0.5) is 0 Å². The maximum Gasteiger partial charge on any atom is 0.114 e. The van der Waals surface area contributed by atoms with Gasteiger partial charge in [-0.05, 0) is 96.4 Å². The summed E-state index contributed by atoms with van der Waals surface area (Å²) in [5.41, 5.74) is 8.41. The number of fused-ring (bicyclic) bond motifs is 3. The Morgan fingerprint density at radius 3 is 1.61 bits per heavy atom. The average Bonchev–Trinajstić information content (AvgIpc) is 3.64. The summed E-state index contributed by atoms with van der Waals surface area (Å²) >= 11 is 0. The summed E-state index contributed by atoms with van der Waals surface area (Å²) in [5.74, 6) is 0.971. The molecule has 1 heterocycles. The summed E-state index contributed by atoms with van der Waals surface area (Å²) in [6.07, 6.45) is 0.779. The fourth-order valence-electron chi connectivity index (χ4n) is 6.92. The van der Waals surface area contributed by atoms with Crippen molar-refractivity contribution in [3.63, 3.8) is 0 Å². The van der Waals surface area contributed by atoms with Gasteiger partial charge in [-0.3, -0.25) is 4.57 Å². The smallest absolute Gasteiger partial charge is 0.114 e. The number of nitrogens with zero attached hydrogens (tertiary/aromatic N) is 2. The van der Waals surface area contributed by atoms with Crippen LogP contribution in [0.15, 0.2) is 176 Å². The lowest BCUT2D eigenvalue weighted by atomic mass is 9.85. The van der Waals surface area contributed by atoms with Crippen LogP contribution in [0, 0.1) is 0 Å². The summed E-state index contributed by atoms with van der Waals surface area (Å²) in [5, 5.41) is 0.763. The summed E-state index contributed by atoms with van der Waals surface area (Å²) in [4.78, 5) is 4.82. The molecule has 0 radical (unpaired) electrons. The molecule has 8 aromatic carbocycles. The topological polar surface area (TPSA) is 17.8 Å². The molecule has 0 spiro atoms. The van der Waals surface area contributed by atoms with Crippen LogP contribution in [-0.4, -0.2) is 9.55 Å². The molecular weight excluding hydrogens is 593 g/mol. The summed E-state index contributed by atoms with van der Waals surface area (Å²) in [7, 11) is 0. The van der Waals surface area contributed by atoms with E-state index in [-0.39, 0.29) is 45.7 Å². The van der Waals surface area contributed by atoms with E-state index in [1.807, 2.05) is 97.1 Å². The van der Waals surface area contributed by atoms with Gasteiger partial charge in [0.05, 0.1) is 22.0 Å². The van der Waals surface area contributed by atoms with Gasteiger partial charge in [-0.2, -0.15) is 0 Å². The lowest BCUT2D eigenvalue weighted by Gasteiger charge is -2.18. The van der Waals surface area contributed by atoms with E-state index in [9.17, 15) is 5.48 Å². The Hall–Kier alpha value is -6.25. The Kier molecular flexibility index (Phi) is 5.32. The number of benzene rings is 8. The number of imidazole rings is 1. The lowest BCUT2D eigenvalue weighted by Crippen LogP contribution is -1.99. The molecular formula is C47H34N2. The first-order valence-electron chi connectivity index (χ1n) is 20.4. The minimum atomic E-state index is -0.425. The molecule has 0 unspecified atom stereocenters. The highest BCUT2D eigenvalue weighted by Gasteiger charge is 2.17.